The second-order valence-electron chi connectivity index (χ2n) is 6.72. The molecule has 2 atom stereocenters. The maximum Gasteiger partial charge on any atom is 0.412 e. The molecule has 1 fully saturated rings. The second kappa shape index (κ2) is 6.81. The Bertz CT molecular complexity index is 419. The average Bonchev–Trinajstić information content (AvgIpc) is 2.62. The fourth-order valence-corrected chi connectivity index (χ4v) is 2.31. The standard InChI is InChI=1S/C15H26FNO5/c1-7-20-12(18)11(16)8-10-9-21-15(5,6)17(10)13(19)22-14(2,3)4/h10-11H,7-9H2,1-6H3/t10-,11-/m0/s1. The van der Waals surface area contributed by atoms with Crippen LogP contribution >= 0.6 is 0 Å². The number of nitrogens with zero attached hydrogens (tertiary/aromatic N) is 1. The molecule has 0 spiro atoms. The largest absolute Gasteiger partial charge is 0.464 e. The predicted molar refractivity (Wildman–Crippen MR) is 78.0 cm³/mol. The summed E-state index contributed by atoms with van der Waals surface area (Å²) < 4.78 is 29.5. The SMILES string of the molecule is CCOC(=O)[C@@H](F)C[C@H]1COC(C)(C)N1C(=O)OC(C)(C)C. The molecule has 6 nitrogen and oxygen atoms in total. The molecule has 1 saturated heterocycles. The Kier molecular flexibility index (Phi) is 5.78. The summed E-state index contributed by atoms with van der Waals surface area (Å²) in [5, 5.41) is 0. The Morgan fingerprint density at radius 1 is 1.41 bits per heavy atom. The van der Waals surface area contributed by atoms with Gasteiger partial charge in [0.2, 0.25) is 0 Å². The molecular weight excluding hydrogens is 293 g/mol. The first-order valence-electron chi connectivity index (χ1n) is 7.45. The van der Waals surface area contributed by atoms with Crippen molar-refractivity contribution in [1.29, 1.82) is 0 Å². The molecule has 0 radical (unpaired) electrons. The monoisotopic (exact) mass is 319 g/mol. The number of hydrogen-bond donors (Lipinski definition) is 0. The number of amides is 1. The first-order chi connectivity index (χ1) is 9.98. The predicted octanol–water partition coefficient (Wildman–Crippen LogP) is 2.65. The Morgan fingerprint density at radius 3 is 2.50 bits per heavy atom. The number of alkyl halides is 1. The lowest BCUT2D eigenvalue weighted by atomic mass is 10.1. The highest BCUT2D eigenvalue weighted by Crippen LogP contribution is 2.31. The van der Waals surface area contributed by atoms with E-state index in [1.165, 1.54) is 4.90 Å². The highest BCUT2D eigenvalue weighted by Gasteiger charge is 2.47. The molecule has 0 aromatic carbocycles. The van der Waals surface area contributed by atoms with Gasteiger partial charge in [0.15, 0.2) is 6.17 Å². The van der Waals surface area contributed by atoms with E-state index in [0.29, 0.717) is 0 Å². The number of carbonyl (C=O) groups excluding carboxylic acids is 2. The third-order valence-corrected chi connectivity index (χ3v) is 3.19. The van der Waals surface area contributed by atoms with Gasteiger partial charge in [0.25, 0.3) is 0 Å². The van der Waals surface area contributed by atoms with E-state index in [4.69, 9.17) is 9.47 Å². The average molecular weight is 319 g/mol. The van der Waals surface area contributed by atoms with Crippen molar-refractivity contribution in [2.75, 3.05) is 13.2 Å². The van der Waals surface area contributed by atoms with Crippen LogP contribution in [-0.4, -0.2) is 53.7 Å². The van der Waals surface area contributed by atoms with Gasteiger partial charge in [0.1, 0.15) is 11.3 Å². The van der Waals surface area contributed by atoms with E-state index in [9.17, 15) is 14.0 Å². The Balaban J connectivity index is 2.81. The van der Waals surface area contributed by atoms with Gasteiger partial charge in [0.05, 0.1) is 19.3 Å². The zero-order valence-corrected chi connectivity index (χ0v) is 14.1. The van der Waals surface area contributed by atoms with Crippen molar-refractivity contribution in [3.63, 3.8) is 0 Å². The Hall–Kier alpha value is -1.37. The van der Waals surface area contributed by atoms with Gasteiger partial charge in [0, 0.05) is 6.42 Å². The van der Waals surface area contributed by atoms with E-state index >= 15 is 0 Å². The van der Waals surface area contributed by atoms with Crippen LogP contribution < -0.4 is 0 Å². The highest BCUT2D eigenvalue weighted by atomic mass is 19.1. The molecule has 0 aliphatic carbocycles. The van der Waals surface area contributed by atoms with E-state index in [1.54, 1.807) is 41.5 Å². The Morgan fingerprint density at radius 2 is 2.00 bits per heavy atom. The number of esters is 1. The van der Waals surface area contributed by atoms with Gasteiger partial charge in [-0.05, 0) is 41.5 Å². The highest BCUT2D eigenvalue weighted by molar-refractivity contribution is 5.75. The molecule has 0 saturated carbocycles. The molecule has 1 amide bonds. The van der Waals surface area contributed by atoms with Crippen LogP contribution in [-0.2, 0) is 19.0 Å². The second-order valence-corrected chi connectivity index (χ2v) is 6.72. The third kappa shape index (κ3) is 4.83. The van der Waals surface area contributed by atoms with Crippen molar-refractivity contribution in [3.05, 3.63) is 0 Å². The van der Waals surface area contributed by atoms with E-state index < -0.39 is 35.6 Å². The zero-order valence-electron chi connectivity index (χ0n) is 14.1. The number of ether oxygens (including phenoxy) is 3. The first kappa shape index (κ1) is 18.7. The van der Waals surface area contributed by atoms with Gasteiger partial charge in [-0.3, -0.25) is 4.90 Å². The van der Waals surface area contributed by atoms with Gasteiger partial charge in [-0.1, -0.05) is 0 Å². The summed E-state index contributed by atoms with van der Waals surface area (Å²) in [5.41, 5.74) is -1.59. The van der Waals surface area contributed by atoms with Crippen molar-refractivity contribution in [2.45, 2.75) is 71.5 Å². The summed E-state index contributed by atoms with van der Waals surface area (Å²) in [6.45, 7) is 10.5. The minimum absolute atomic E-state index is 0.113. The smallest absolute Gasteiger partial charge is 0.412 e. The molecule has 1 aliphatic rings. The van der Waals surface area contributed by atoms with Gasteiger partial charge >= 0.3 is 12.1 Å². The molecule has 0 aromatic rings. The molecule has 7 heteroatoms. The lowest BCUT2D eigenvalue weighted by Crippen LogP contribution is -2.50. The summed E-state index contributed by atoms with van der Waals surface area (Å²) in [6.07, 6.45) is -2.56. The van der Waals surface area contributed by atoms with Crippen LogP contribution in [0.5, 0.6) is 0 Å². The van der Waals surface area contributed by atoms with Crippen LogP contribution in [0.25, 0.3) is 0 Å². The molecule has 0 N–H and O–H groups in total. The van der Waals surface area contributed by atoms with Gasteiger partial charge in [-0.15, -0.1) is 0 Å². The molecule has 0 unspecified atom stereocenters. The van der Waals surface area contributed by atoms with E-state index in [0.717, 1.165) is 0 Å². The third-order valence-electron chi connectivity index (χ3n) is 3.19. The van der Waals surface area contributed by atoms with E-state index in [2.05, 4.69) is 4.74 Å². The normalized spacial score (nSPS) is 22.3. The molecule has 1 aliphatic heterocycles. The number of rotatable bonds is 4. The van der Waals surface area contributed by atoms with Crippen LogP contribution in [0.15, 0.2) is 0 Å². The van der Waals surface area contributed by atoms with Gasteiger partial charge in [-0.25, -0.2) is 14.0 Å². The topological polar surface area (TPSA) is 65.1 Å². The summed E-state index contributed by atoms with van der Waals surface area (Å²) in [6, 6.07) is -0.579. The lowest BCUT2D eigenvalue weighted by molar-refractivity contribution is -0.149. The zero-order chi connectivity index (χ0) is 17.1. The van der Waals surface area contributed by atoms with E-state index in [-0.39, 0.29) is 19.6 Å². The minimum atomic E-state index is -1.80. The first-order valence-corrected chi connectivity index (χ1v) is 7.45. The van der Waals surface area contributed by atoms with Crippen molar-refractivity contribution >= 4 is 12.1 Å². The van der Waals surface area contributed by atoms with Crippen LogP contribution in [0.4, 0.5) is 9.18 Å². The van der Waals surface area contributed by atoms with Crippen LogP contribution in [0.1, 0.15) is 48.0 Å². The van der Waals surface area contributed by atoms with Crippen molar-refractivity contribution < 1.29 is 28.2 Å². The van der Waals surface area contributed by atoms with E-state index in [1.807, 2.05) is 0 Å². The van der Waals surface area contributed by atoms with Crippen LogP contribution in [0.3, 0.4) is 0 Å². The number of carbonyl (C=O) groups is 2. The maximum atomic E-state index is 14.0. The summed E-state index contributed by atoms with van der Waals surface area (Å²) in [7, 11) is 0. The molecule has 0 bridgehead atoms. The van der Waals surface area contributed by atoms with Crippen molar-refractivity contribution in [3.8, 4) is 0 Å². The van der Waals surface area contributed by atoms with Crippen molar-refractivity contribution in [2.24, 2.45) is 0 Å². The lowest BCUT2D eigenvalue weighted by Gasteiger charge is -2.35. The number of halogens is 1. The van der Waals surface area contributed by atoms with Gasteiger partial charge < -0.3 is 14.2 Å². The molecule has 22 heavy (non-hydrogen) atoms. The summed E-state index contributed by atoms with van der Waals surface area (Å²) in [5.74, 6) is -0.920. The molecule has 0 aromatic heterocycles. The minimum Gasteiger partial charge on any atom is -0.464 e. The fraction of sp³-hybridized carbons (Fsp3) is 0.867. The van der Waals surface area contributed by atoms with Crippen LogP contribution in [0.2, 0.25) is 0 Å². The van der Waals surface area contributed by atoms with Gasteiger partial charge in [-0.2, -0.15) is 0 Å². The Labute approximate surface area is 130 Å². The molecular formula is C15H26FNO5. The summed E-state index contributed by atoms with van der Waals surface area (Å²) in [4.78, 5) is 25.1. The van der Waals surface area contributed by atoms with Crippen LogP contribution in [0, 0.1) is 0 Å². The number of hydrogen-bond acceptors (Lipinski definition) is 5. The maximum absolute atomic E-state index is 14.0. The summed E-state index contributed by atoms with van der Waals surface area (Å²) >= 11 is 0. The quantitative estimate of drug-likeness (QED) is 0.745. The molecule has 128 valence electrons. The molecule has 1 rings (SSSR count). The molecule has 1 heterocycles. The fourth-order valence-electron chi connectivity index (χ4n) is 2.31. The van der Waals surface area contributed by atoms with Crippen molar-refractivity contribution in [1.82, 2.24) is 4.90 Å².